The van der Waals surface area contributed by atoms with Gasteiger partial charge in [0, 0.05) is 25.6 Å². The molecule has 0 aromatic carbocycles. The summed E-state index contributed by atoms with van der Waals surface area (Å²) >= 11 is 0. The van der Waals surface area contributed by atoms with Crippen LogP contribution in [-0.4, -0.2) is 37.5 Å². The molecule has 0 fully saturated rings. The van der Waals surface area contributed by atoms with E-state index in [0.29, 0.717) is 25.9 Å². The summed E-state index contributed by atoms with van der Waals surface area (Å²) in [6, 6.07) is 2.07. The number of amides is 2. The molecular formula is C11H20N4O2. The molecule has 0 aliphatic heterocycles. The fraction of sp³-hybridized carbons (Fsp3) is 0.727. The maximum Gasteiger partial charge on any atom is 0.233 e. The lowest BCUT2D eigenvalue weighted by atomic mass is 10.3. The van der Waals surface area contributed by atoms with Crippen LogP contribution in [-0.2, 0) is 9.59 Å². The quantitative estimate of drug-likeness (QED) is 0.499. The normalized spacial score (nSPS) is 9.76. The lowest BCUT2D eigenvalue weighted by Gasteiger charge is -2.08. The number of nitriles is 1. The Morgan fingerprint density at radius 1 is 1.24 bits per heavy atom. The van der Waals surface area contributed by atoms with Gasteiger partial charge in [0.15, 0.2) is 0 Å². The van der Waals surface area contributed by atoms with Crippen molar-refractivity contribution in [2.45, 2.75) is 32.7 Å². The highest BCUT2D eigenvalue weighted by Crippen LogP contribution is 1.82. The number of hydrogen-bond donors (Lipinski definition) is 3. The third-order valence-corrected chi connectivity index (χ3v) is 1.82. The molecule has 6 heteroatoms. The molecule has 0 aliphatic carbocycles. The Balaban J connectivity index is 3.42. The minimum absolute atomic E-state index is 0.0302. The highest BCUT2D eigenvalue weighted by atomic mass is 16.2. The average Bonchev–Trinajstić information content (AvgIpc) is 2.24. The topological polar surface area (TPSA) is 94.0 Å². The van der Waals surface area contributed by atoms with Crippen LogP contribution in [0.2, 0.25) is 0 Å². The molecule has 0 aliphatic rings. The third kappa shape index (κ3) is 10.7. The summed E-state index contributed by atoms with van der Waals surface area (Å²) in [6.45, 7) is 4.79. The van der Waals surface area contributed by atoms with Crippen molar-refractivity contribution in [1.29, 1.82) is 5.26 Å². The second-order valence-corrected chi connectivity index (χ2v) is 3.91. The van der Waals surface area contributed by atoms with Crippen LogP contribution in [0, 0.1) is 11.3 Å². The molecule has 0 aromatic rings. The molecule has 0 radical (unpaired) electrons. The van der Waals surface area contributed by atoms with Crippen molar-refractivity contribution in [3.63, 3.8) is 0 Å². The fourth-order valence-corrected chi connectivity index (χ4v) is 1.12. The van der Waals surface area contributed by atoms with Crippen molar-refractivity contribution in [2.75, 3.05) is 19.6 Å². The Morgan fingerprint density at radius 2 is 1.94 bits per heavy atom. The van der Waals surface area contributed by atoms with Gasteiger partial charge in [0.2, 0.25) is 11.8 Å². The smallest absolute Gasteiger partial charge is 0.233 e. The van der Waals surface area contributed by atoms with Crippen molar-refractivity contribution in [3.05, 3.63) is 0 Å². The summed E-state index contributed by atoms with van der Waals surface area (Å²) in [5, 5.41) is 16.5. The van der Waals surface area contributed by atoms with Crippen molar-refractivity contribution < 1.29 is 9.59 Å². The lowest BCUT2D eigenvalue weighted by molar-refractivity contribution is -0.122. The first-order valence-electron chi connectivity index (χ1n) is 5.70. The molecule has 0 rings (SSSR count). The number of carbonyl (C=O) groups is 2. The summed E-state index contributed by atoms with van der Waals surface area (Å²) in [5.41, 5.74) is 0. The van der Waals surface area contributed by atoms with Crippen LogP contribution in [0.4, 0.5) is 0 Å². The molecule has 17 heavy (non-hydrogen) atoms. The summed E-state index contributed by atoms with van der Waals surface area (Å²) in [7, 11) is 0. The van der Waals surface area contributed by atoms with Crippen LogP contribution < -0.4 is 16.0 Å². The molecule has 0 saturated heterocycles. The molecule has 96 valence electrons. The van der Waals surface area contributed by atoms with E-state index in [9.17, 15) is 9.59 Å². The maximum absolute atomic E-state index is 11.2. The Hall–Kier alpha value is -1.61. The van der Waals surface area contributed by atoms with Gasteiger partial charge in [-0.15, -0.1) is 0 Å². The summed E-state index contributed by atoms with van der Waals surface area (Å²) in [5.74, 6) is -0.193. The van der Waals surface area contributed by atoms with Crippen LogP contribution in [0.3, 0.4) is 0 Å². The predicted molar refractivity (Wildman–Crippen MR) is 64.0 cm³/mol. The van der Waals surface area contributed by atoms with Gasteiger partial charge in [-0.05, 0) is 13.8 Å². The fourth-order valence-electron chi connectivity index (χ4n) is 1.12. The first-order chi connectivity index (χ1) is 8.06. The van der Waals surface area contributed by atoms with Gasteiger partial charge in [0.25, 0.3) is 0 Å². The van der Waals surface area contributed by atoms with E-state index in [1.165, 1.54) is 0 Å². The van der Waals surface area contributed by atoms with Gasteiger partial charge in [-0.1, -0.05) is 0 Å². The molecule has 0 aromatic heterocycles. The van der Waals surface area contributed by atoms with Crippen LogP contribution in [0.1, 0.15) is 26.7 Å². The number of nitrogens with zero attached hydrogens (tertiary/aromatic N) is 1. The monoisotopic (exact) mass is 240 g/mol. The Labute approximate surface area is 102 Å². The van der Waals surface area contributed by atoms with E-state index in [0.717, 1.165) is 0 Å². The molecule has 0 saturated carbocycles. The Bertz CT molecular complexity index is 284. The molecule has 0 atom stereocenters. The molecular weight excluding hydrogens is 220 g/mol. The molecule has 3 N–H and O–H groups in total. The standard InChI is InChI=1S/C11H20N4O2/c1-9(2)15-10(16)4-7-13-8-11(17)14-6-3-5-12/h9,13H,3-4,6-8H2,1-2H3,(H,14,17)(H,15,16). The van der Waals surface area contributed by atoms with Gasteiger partial charge >= 0.3 is 0 Å². The van der Waals surface area contributed by atoms with Crippen molar-refractivity contribution in [1.82, 2.24) is 16.0 Å². The molecule has 0 unspecified atom stereocenters. The summed E-state index contributed by atoms with van der Waals surface area (Å²) in [4.78, 5) is 22.4. The van der Waals surface area contributed by atoms with Crippen molar-refractivity contribution >= 4 is 11.8 Å². The average molecular weight is 240 g/mol. The summed E-state index contributed by atoms with van der Waals surface area (Å²) in [6.07, 6.45) is 0.659. The second-order valence-electron chi connectivity index (χ2n) is 3.91. The first-order valence-corrected chi connectivity index (χ1v) is 5.70. The molecule has 0 spiro atoms. The van der Waals surface area contributed by atoms with Gasteiger partial charge in [0.1, 0.15) is 0 Å². The second kappa shape index (κ2) is 9.60. The Morgan fingerprint density at radius 3 is 2.53 bits per heavy atom. The van der Waals surface area contributed by atoms with Crippen LogP contribution >= 0.6 is 0 Å². The van der Waals surface area contributed by atoms with Gasteiger partial charge < -0.3 is 16.0 Å². The van der Waals surface area contributed by atoms with Crippen LogP contribution in [0.15, 0.2) is 0 Å². The van der Waals surface area contributed by atoms with Gasteiger partial charge in [0.05, 0.1) is 19.0 Å². The van der Waals surface area contributed by atoms with E-state index in [1.807, 2.05) is 19.9 Å². The van der Waals surface area contributed by atoms with E-state index in [1.54, 1.807) is 0 Å². The number of rotatable bonds is 8. The number of carbonyl (C=O) groups excluding carboxylic acids is 2. The largest absolute Gasteiger partial charge is 0.354 e. The Kier molecular flexibility index (Phi) is 8.69. The summed E-state index contributed by atoms with van der Waals surface area (Å²) < 4.78 is 0. The highest BCUT2D eigenvalue weighted by molar-refractivity contribution is 5.78. The lowest BCUT2D eigenvalue weighted by Crippen LogP contribution is -2.37. The van der Waals surface area contributed by atoms with E-state index in [-0.39, 0.29) is 24.4 Å². The maximum atomic E-state index is 11.2. The van der Waals surface area contributed by atoms with Crippen molar-refractivity contribution in [2.24, 2.45) is 0 Å². The SMILES string of the molecule is CC(C)NC(=O)CCNCC(=O)NCCC#N. The van der Waals surface area contributed by atoms with Gasteiger partial charge in [-0.3, -0.25) is 9.59 Å². The number of nitrogens with one attached hydrogen (secondary N) is 3. The van der Waals surface area contributed by atoms with E-state index < -0.39 is 0 Å². The van der Waals surface area contributed by atoms with Crippen molar-refractivity contribution in [3.8, 4) is 6.07 Å². The molecule has 0 bridgehead atoms. The third-order valence-electron chi connectivity index (χ3n) is 1.82. The first kappa shape index (κ1) is 15.4. The molecule has 0 heterocycles. The zero-order valence-corrected chi connectivity index (χ0v) is 10.4. The van der Waals surface area contributed by atoms with Gasteiger partial charge in [-0.2, -0.15) is 5.26 Å². The van der Waals surface area contributed by atoms with E-state index >= 15 is 0 Å². The van der Waals surface area contributed by atoms with E-state index in [2.05, 4.69) is 16.0 Å². The van der Waals surface area contributed by atoms with Crippen LogP contribution in [0.5, 0.6) is 0 Å². The zero-order chi connectivity index (χ0) is 13.1. The molecule has 2 amide bonds. The van der Waals surface area contributed by atoms with Crippen LogP contribution in [0.25, 0.3) is 0 Å². The minimum Gasteiger partial charge on any atom is -0.354 e. The predicted octanol–water partition coefficient (Wildman–Crippen LogP) is -0.479. The van der Waals surface area contributed by atoms with E-state index in [4.69, 9.17) is 5.26 Å². The highest BCUT2D eigenvalue weighted by Gasteiger charge is 2.03. The van der Waals surface area contributed by atoms with Gasteiger partial charge in [-0.25, -0.2) is 0 Å². The number of hydrogen-bond acceptors (Lipinski definition) is 4. The minimum atomic E-state index is -0.162. The molecule has 6 nitrogen and oxygen atoms in total. The zero-order valence-electron chi connectivity index (χ0n) is 10.4.